The molecule has 1 aromatic rings. The first-order chi connectivity index (χ1) is 7.24. The molecule has 0 aromatic heterocycles. The summed E-state index contributed by atoms with van der Waals surface area (Å²) in [4.78, 5) is 10.9. The molecule has 0 spiro atoms. The quantitative estimate of drug-likeness (QED) is 0.665. The largest absolute Gasteiger partial charge is 0.298 e. The lowest BCUT2D eigenvalue weighted by molar-refractivity contribution is 0.112. The van der Waals surface area contributed by atoms with Gasteiger partial charge in [-0.3, -0.25) is 4.79 Å². The highest BCUT2D eigenvalue weighted by molar-refractivity contribution is 5.78. The van der Waals surface area contributed by atoms with Crippen LogP contribution in [0.25, 0.3) is 0 Å². The topological polar surface area (TPSA) is 17.1 Å². The molecule has 2 rings (SSSR count). The maximum Gasteiger partial charge on any atom is 0.150 e. The van der Waals surface area contributed by atoms with Gasteiger partial charge in [0.1, 0.15) is 6.29 Å². The lowest BCUT2D eigenvalue weighted by Crippen LogP contribution is -1.99. The van der Waals surface area contributed by atoms with Crippen LogP contribution in [0.3, 0.4) is 0 Å². The third-order valence-electron chi connectivity index (χ3n) is 3.09. The zero-order valence-corrected chi connectivity index (χ0v) is 9.03. The zero-order valence-electron chi connectivity index (χ0n) is 9.03. The average Bonchev–Trinajstić information content (AvgIpc) is 2.60. The van der Waals surface area contributed by atoms with E-state index in [9.17, 15) is 4.79 Å². The van der Waals surface area contributed by atoms with Gasteiger partial charge in [-0.1, -0.05) is 47.6 Å². The summed E-state index contributed by atoms with van der Waals surface area (Å²) in [6.07, 6.45) is 5.22. The van der Waals surface area contributed by atoms with Gasteiger partial charge in [0.05, 0.1) is 0 Å². The normalized spacial score (nSPS) is 19.7. The SMILES string of the molecule is CC1=C(C)C(c2ccccc2C=O)C=C1. The molecule has 0 bridgehead atoms. The number of allylic oxidation sites excluding steroid dienone is 4. The molecule has 0 radical (unpaired) electrons. The minimum absolute atomic E-state index is 0.284. The van der Waals surface area contributed by atoms with E-state index < -0.39 is 0 Å². The fourth-order valence-corrected chi connectivity index (χ4v) is 2.00. The fourth-order valence-electron chi connectivity index (χ4n) is 2.00. The first-order valence-electron chi connectivity index (χ1n) is 5.13. The Kier molecular flexibility index (Phi) is 2.55. The van der Waals surface area contributed by atoms with Crippen molar-refractivity contribution in [2.45, 2.75) is 19.8 Å². The van der Waals surface area contributed by atoms with Crippen LogP contribution in [0.15, 0.2) is 47.6 Å². The van der Waals surface area contributed by atoms with Crippen molar-refractivity contribution >= 4 is 6.29 Å². The highest BCUT2D eigenvalue weighted by atomic mass is 16.1. The minimum Gasteiger partial charge on any atom is -0.298 e. The summed E-state index contributed by atoms with van der Waals surface area (Å²) < 4.78 is 0. The molecule has 1 unspecified atom stereocenters. The van der Waals surface area contributed by atoms with Gasteiger partial charge in [-0.15, -0.1) is 0 Å². The summed E-state index contributed by atoms with van der Waals surface area (Å²) in [5.74, 6) is 0.284. The lowest BCUT2D eigenvalue weighted by Gasteiger charge is -2.13. The number of carbonyl (C=O) groups excluding carboxylic acids is 1. The summed E-state index contributed by atoms with van der Waals surface area (Å²) >= 11 is 0. The molecule has 1 aliphatic rings. The summed E-state index contributed by atoms with van der Waals surface area (Å²) in [5, 5.41) is 0. The van der Waals surface area contributed by atoms with E-state index in [0.717, 1.165) is 17.4 Å². The molecule has 0 saturated heterocycles. The van der Waals surface area contributed by atoms with Gasteiger partial charge in [-0.25, -0.2) is 0 Å². The van der Waals surface area contributed by atoms with E-state index in [4.69, 9.17) is 0 Å². The second kappa shape index (κ2) is 3.85. The maximum atomic E-state index is 10.9. The second-order valence-electron chi connectivity index (χ2n) is 3.95. The van der Waals surface area contributed by atoms with E-state index in [1.165, 1.54) is 11.1 Å². The monoisotopic (exact) mass is 198 g/mol. The van der Waals surface area contributed by atoms with E-state index in [1.807, 2.05) is 24.3 Å². The van der Waals surface area contributed by atoms with Crippen LogP contribution in [0.4, 0.5) is 0 Å². The third kappa shape index (κ3) is 1.65. The number of hydrogen-bond donors (Lipinski definition) is 0. The average molecular weight is 198 g/mol. The van der Waals surface area contributed by atoms with Crippen LogP contribution in [0, 0.1) is 0 Å². The van der Waals surface area contributed by atoms with Gasteiger partial charge >= 0.3 is 0 Å². The first kappa shape index (κ1) is 9.91. The van der Waals surface area contributed by atoms with Gasteiger partial charge in [0, 0.05) is 11.5 Å². The molecular formula is C14H14O. The zero-order chi connectivity index (χ0) is 10.8. The first-order valence-corrected chi connectivity index (χ1v) is 5.13. The molecule has 15 heavy (non-hydrogen) atoms. The Morgan fingerprint density at radius 1 is 1.20 bits per heavy atom. The highest BCUT2D eigenvalue weighted by Crippen LogP contribution is 2.34. The van der Waals surface area contributed by atoms with Gasteiger partial charge in [-0.05, 0) is 19.4 Å². The maximum absolute atomic E-state index is 10.9. The van der Waals surface area contributed by atoms with E-state index in [0.29, 0.717) is 0 Å². The Labute approximate surface area is 90.1 Å². The summed E-state index contributed by atoms with van der Waals surface area (Å²) in [6.45, 7) is 4.23. The van der Waals surface area contributed by atoms with E-state index in [2.05, 4.69) is 26.0 Å². The molecule has 0 amide bonds. The van der Waals surface area contributed by atoms with Crippen LogP contribution in [0.5, 0.6) is 0 Å². The summed E-state index contributed by atoms with van der Waals surface area (Å²) in [6, 6.07) is 7.78. The van der Waals surface area contributed by atoms with Crippen molar-refractivity contribution in [3.05, 3.63) is 58.7 Å². The smallest absolute Gasteiger partial charge is 0.150 e. The Hall–Kier alpha value is -1.63. The lowest BCUT2D eigenvalue weighted by atomic mass is 9.90. The third-order valence-corrected chi connectivity index (χ3v) is 3.09. The van der Waals surface area contributed by atoms with E-state index in [1.54, 1.807) is 0 Å². The number of hydrogen-bond acceptors (Lipinski definition) is 1. The molecule has 1 atom stereocenters. The van der Waals surface area contributed by atoms with Crippen LogP contribution in [0.2, 0.25) is 0 Å². The van der Waals surface area contributed by atoms with Crippen molar-refractivity contribution in [3.8, 4) is 0 Å². The van der Waals surface area contributed by atoms with Gasteiger partial charge in [-0.2, -0.15) is 0 Å². The molecule has 0 saturated carbocycles. The van der Waals surface area contributed by atoms with Crippen LogP contribution in [-0.4, -0.2) is 6.29 Å². The van der Waals surface area contributed by atoms with Gasteiger partial charge in [0.15, 0.2) is 0 Å². The molecule has 1 aliphatic carbocycles. The fraction of sp³-hybridized carbons (Fsp3) is 0.214. The van der Waals surface area contributed by atoms with Crippen molar-refractivity contribution < 1.29 is 4.79 Å². The van der Waals surface area contributed by atoms with Crippen molar-refractivity contribution in [1.29, 1.82) is 0 Å². The molecule has 0 fully saturated rings. The van der Waals surface area contributed by atoms with Crippen molar-refractivity contribution in [2.24, 2.45) is 0 Å². The minimum atomic E-state index is 0.284. The summed E-state index contributed by atoms with van der Waals surface area (Å²) in [5.41, 5.74) is 4.55. The Bertz CT molecular complexity index is 452. The standard InChI is InChI=1S/C14H14O/c1-10-7-8-13(11(10)2)14-6-4-3-5-12(14)9-15/h3-9,13H,1-2H3. The number of rotatable bonds is 2. The Morgan fingerprint density at radius 3 is 2.53 bits per heavy atom. The predicted molar refractivity (Wildman–Crippen MR) is 62.1 cm³/mol. The molecule has 0 aliphatic heterocycles. The highest BCUT2D eigenvalue weighted by Gasteiger charge is 2.18. The van der Waals surface area contributed by atoms with Crippen LogP contribution >= 0.6 is 0 Å². The van der Waals surface area contributed by atoms with Crippen molar-refractivity contribution in [2.75, 3.05) is 0 Å². The number of carbonyl (C=O) groups is 1. The van der Waals surface area contributed by atoms with E-state index in [-0.39, 0.29) is 5.92 Å². The van der Waals surface area contributed by atoms with Gasteiger partial charge in [0.2, 0.25) is 0 Å². The van der Waals surface area contributed by atoms with Crippen LogP contribution in [-0.2, 0) is 0 Å². The van der Waals surface area contributed by atoms with Crippen LogP contribution < -0.4 is 0 Å². The van der Waals surface area contributed by atoms with Crippen molar-refractivity contribution in [3.63, 3.8) is 0 Å². The molecule has 1 nitrogen and oxygen atoms in total. The van der Waals surface area contributed by atoms with Crippen molar-refractivity contribution in [1.82, 2.24) is 0 Å². The summed E-state index contributed by atoms with van der Waals surface area (Å²) in [7, 11) is 0. The van der Waals surface area contributed by atoms with Gasteiger partial charge in [0.25, 0.3) is 0 Å². The van der Waals surface area contributed by atoms with Crippen LogP contribution in [0.1, 0.15) is 35.7 Å². The number of benzene rings is 1. The molecule has 1 heteroatoms. The molecular weight excluding hydrogens is 184 g/mol. The molecule has 1 aromatic carbocycles. The van der Waals surface area contributed by atoms with E-state index >= 15 is 0 Å². The molecule has 76 valence electrons. The number of aldehydes is 1. The Morgan fingerprint density at radius 2 is 1.93 bits per heavy atom. The second-order valence-corrected chi connectivity index (χ2v) is 3.95. The molecule has 0 heterocycles. The van der Waals surface area contributed by atoms with Gasteiger partial charge < -0.3 is 0 Å². The Balaban J connectivity index is 2.48. The predicted octanol–water partition coefficient (Wildman–Crippen LogP) is 3.49. The molecule has 0 N–H and O–H groups in total.